The Morgan fingerprint density at radius 1 is 1.33 bits per heavy atom. The molecular weight excluding hydrogens is 288 g/mol. The third kappa shape index (κ3) is 2.61. The van der Waals surface area contributed by atoms with Crippen LogP contribution in [-0.4, -0.2) is 40.1 Å². The molecule has 3 rings (SSSR count). The standard InChI is InChI=1S/C16H17ClN2O2/c17-15-13-7-2-1-6-12(13)14(10-18-15)16(21)19(8-9-20)11-4-3-5-11/h1-2,6-7,10-11,20H,3-5,8-9H2. The number of amides is 1. The minimum absolute atomic E-state index is 0.0266. The molecule has 0 saturated heterocycles. The number of halogens is 1. The summed E-state index contributed by atoms with van der Waals surface area (Å²) in [5, 5.41) is 11.2. The molecule has 1 N–H and O–H groups in total. The molecule has 0 bridgehead atoms. The van der Waals surface area contributed by atoms with E-state index < -0.39 is 0 Å². The first-order valence-electron chi connectivity index (χ1n) is 7.17. The largest absolute Gasteiger partial charge is 0.395 e. The Labute approximate surface area is 128 Å². The van der Waals surface area contributed by atoms with Crippen molar-refractivity contribution in [2.45, 2.75) is 25.3 Å². The maximum absolute atomic E-state index is 12.8. The highest BCUT2D eigenvalue weighted by atomic mass is 35.5. The summed E-state index contributed by atoms with van der Waals surface area (Å²) in [4.78, 5) is 18.7. The van der Waals surface area contributed by atoms with Crippen LogP contribution in [-0.2, 0) is 0 Å². The predicted molar refractivity (Wildman–Crippen MR) is 82.5 cm³/mol. The Balaban J connectivity index is 2.02. The predicted octanol–water partition coefficient (Wildman–Crippen LogP) is 2.88. The summed E-state index contributed by atoms with van der Waals surface area (Å²) >= 11 is 6.10. The summed E-state index contributed by atoms with van der Waals surface area (Å²) in [7, 11) is 0. The van der Waals surface area contributed by atoms with Crippen molar-refractivity contribution < 1.29 is 9.90 Å². The lowest BCUT2D eigenvalue weighted by Crippen LogP contribution is -2.45. The molecule has 1 aliphatic carbocycles. The summed E-state index contributed by atoms with van der Waals surface area (Å²) in [6, 6.07) is 7.74. The van der Waals surface area contributed by atoms with Crippen LogP contribution in [0.4, 0.5) is 0 Å². The van der Waals surface area contributed by atoms with Gasteiger partial charge in [-0.15, -0.1) is 0 Å². The molecule has 5 heteroatoms. The number of aliphatic hydroxyl groups excluding tert-OH is 1. The van der Waals surface area contributed by atoms with Gasteiger partial charge < -0.3 is 10.0 Å². The number of hydrogen-bond donors (Lipinski definition) is 1. The van der Waals surface area contributed by atoms with E-state index in [1.165, 1.54) is 6.20 Å². The number of aliphatic hydroxyl groups is 1. The molecule has 1 fully saturated rings. The number of benzene rings is 1. The van der Waals surface area contributed by atoms with E-state index in [1.54, 1.807) is 4.90 Å². The van der Waals surface area contributed by atoms with Crippen LogP contribution < -0.4 is 0 Å². The summed E-state index contributed by atoms with van der Waals surface area (Å²) in [5.74, 6) is -0.0749. The second-order valence-electron chi connectivity index (χ2n) is 5.32. The molecule has 1 heterocycles. The van der Waals surface area contributed by atoms with E-state index in [9.17, 15) is 9.90 Å². The fourth-order valence-corrected chi connectivity index (χ4v) is 2.95. The van der Waals surface area contributed by atoms with Crippen molar-refractivity contribution in [3.05, 3.63) is 41.2 Å². The third-order valence-corrected chi connectivity index (χ3v) is 4.40. The number of carbonyl (C=O) groups is 1. The van der Waals surface area contributed by atoms with Crippen LogP contribution in [0.2, 0.25) is 5.15 Å². The van der Waals surface area contributed by atoms with E-state index in [0.29, 0.717) is 17.3 Å². The Kier molecular flexibility index (Phi) is 4.08. The topological polar surface area (TPSA) is 53.4 Å². The van der Waals surface area contributed by atoms with Crippen LogP contribution >= 0.6 is 11.6 Å². The van der Waals surface area contributed by atoms with Crippen LogP contribution in [0.1, 0.15) is 29.6 Å². The zero-order valence-electron chi connectivity index (χ0n) is 11.6. The Bertz CT molecular complexity index is 670. The van der Waals surface area contributed by atoms with Gasteiger partial charge in [0.05, 0.1) is 12.2 Å². The summed E-state index contributed by atoms with van der Waals surface area (Å²) in [6.45, 7) is 0.335. The lowest BCUT2D eigenvalue weighted by Gasteiger charge is -2.37. The molecular formula is C16H17ClN2O2. The number of fused-ring (bicyclic) bond motifs is 1. The van der Waals surface area contributed by atoms with Gasteiger partial charge in [-0.2, -0.15) is 0 Å². The normalized spacial score (nSPS) is 15.0. The second kappa shape index (κ2) is 6.00. The smallest absolute Gasteiger partial charge is 0.256 e. The number of carbonyl (C=O) groups excluding carboxylic acids is 1. The molecule has 110 valence electrons. The van der Waals surface area contributed by atoms with E-state index in [-0.39, 0.29) is 18.6 Å². The SMILES string of the molecule is O=C(c1cnc(Cl)c2ccccc12)N(CCO)C1CCC1. The fourth-order valence-electron chi connectivity index (χ4n) is 2.74. The Morgan fingerprint density at radius 3 is 2.67 bits per heavy atom. The van der Waals surface area contributed by atoms with Gasteiger partial charge in [-0.25, -0.2) is 4.98 Å². The van der Waals surface area contributed by atoms with Gasteiger partial charge in [0.25, 0.3) is 5.91 Å². The van der Waals surface area contributed by atoms with Gasteiger partial charge >= 0.3 is 0 Å². The van der Waals surface area contributed by atoms with Gasteiger partial charge in [0.2, 0.25) is 0 Å². The first-order valence-corrected chi connectivity index (χ1v) is 7.55. The molecule has 1 amide bonds. The number of rotatable bonds is 4. The highest BCUT2D eigenvalue weighted by molar-refractivity contribution is 6.34. The highest BCUT2D eigenvalue weighted by Crippen LogP contribution is 2.29. The van der Waals surface area contributed by atoms with E-state index >= 15 is 0 Å². The molecule has 2 aromatic rings. The zero-order valence-corrected chi connectivity index (χ0v) is 12.4. The Morgan fingerprint density at radius 2 is 2.05 bits per heavy atom. The maximum Gasteiger partial charge on any atom is 0.256 e. The molecule has 1 aromatic heterocycles. The van der Waals surface area contributed by atoms with Crippen molar-refractivity contribution >= 4 is 28.3 Å². The van der Waals surface area contributed by atoms with Gasteiger partial charge in [0, 0.05) is 24.2 Å². The molecule has 4 nitrogen and oxygen atoms in total. The van der Waals surface area contributed by atoms with Gasteiger partial charge in [-0.3, -0.25) is 4.79 Å². The Hall–Kier alpha value is -1.65. The van der Waals surface area contributed by atoms with Crippen molar-refractivity contribution in [1.29, 1.82) is 0 Å². The van der Waals surface area contributed by atoms with Crippen molar-refractivity contribution in [2.75, 3.05) is 13.2 Å². The third-order valence-electron chi connectivity index (χ3n) is 4.09. The number of aromatic nitrogens is 1. The molecule has 1 aromatic carbocycles. The van der Waals surface area contributed by atoms with Gasteiger partial charge in [-0.05, 0) is 24.6 Å². The van der Waals surface area contributed by atoms with Crippen LogP contribution in [0.5, 0.6) is 0 Å². The lowest BCUT2D eigenvalue weighted by molar-refractivity contribution is 0.0527. The number of nitrogens with zero attached hydrogens (tertiary/aromatic N) is 2. The van der Waals surface area contributed by atoms with Crippen LogP contribution in [0.15, 0.2) is 30.5 Å². The van der Waals surface area contributed by atoms with Crippen LogP contribution in [0.25, 0.3) is 10.8 Å². The summed E-state index contributed by atoms with van der Waals surface area (Å²) in [6.07, 6.45) is 4.69. The molecule has 0 unspecified atom stereocenters. The lowest BCUT2D eigenvalue weighted by atomic mass is 9.90. The number of hydrogen-bond acceptors (Lipinski definition) is 3. The van der Waals surface area contributed by atoms with Gasteiger partial charge in [0.1, 0.15) is 5.15 Å². The van der Waals surface area contributed by atoms with Gasteiger partial charge in [0.15, 0.2) is 0 Å². The maximum atomic E-state index is 12.8. The zero-order chi connectivity index (χ0) is 14.8. The van der Waals surface area contributed by atoms with Crippen molar-refractivity contribution in [3.8, 4) is 0 Å². The van der Waals surface area contributed by atoms with E-state index in [2.05, 4.69) is 4.98 Å². The first-order chi connectivity index (χ1) is 10.2. The summed E-state index contributed by atoms with van der Waals surface area (Å²) < 4.78 is 0. The molecule has 0 spiro atoms. The van der Waals surface area contributed by atoms with Crippen LogP contribution in [0.3, 0.4) is 0 Å². The van der Waals surface area contributed by atoms with E-state index in [1.807, 2.05) is 24.3 Å². The monoisotopic (exact) mass is 304 g/mol. The highest BCUT2D eigenvalue weighted by Gasteiger charge is 2.30. The van der Waals surface area contributed by atoms with Crippen LogP contribution in [0, 0.1) is 0 Å². The van der Waals surface area contributed by atoms with E-state index in [0.717, 1.165) is 30.0 Å². The minimum atomic E-state index is -0.0749. The quantitative estimate of drug-likeness (QED) is 0.884. The molecule has 1 aliphatic rings. The van der Waals surface area contributed by atoms with Crippen molar-refractivity contribution in [1.82, 2.24) is 9.88 Å². The van der Waals surface area contributed by atoms with Crippen molar-refractivity contribution in [3.63, 3.8) is 0 Å². The fraction of sp³-hybridized carbons (Fsp3) is 0.375. The van der Waals surface area contributed by atoms with E-state index in [4.69, 9.17) is 11.6 Å². The van der Waals surface area contributed by atoms with Crippen molar-refractivity contribution in [2.24, 2.45) is 0 Å². The number of pyridine rings is 1. The first kappa shape index (κ1) is 14.3. The average Bonchev–Trinajstić information content (AvgIpc) is 2.45. The molecule has 0 aliphatic heterocycles. The minimum Gasteiger partial charge on any atom is -0.395 e. The molecule has 0 atom stereocenters. The van der Waals surface area contributed by atoms with Gasteiger partial charge in [-0.1, -0.05) is 35.9 Å². The molecule has 0 radical (unpaired) electrons. The second-order valence-corrected chi connectivity index (χ2v) is 5.67. The average molecular weight is 305 g/mol. The molecule has 21 heavy (non-hydrogen) atoms. The summed E-state index contributed by atoms with van der Waals surface area (Å²) in [5.41, 5.74) is 0.551. The molecule has 1 saturated carbocycles.